The van der Waals surface area contributed by atoms with Gasteiger partial charge in [0.25, 0.3) is 5.91 Å². The van der Waals surface area contributed by atoms with Crippen molar-refractivity contribution in [3.63, 3.8) is 0 Å². The fraction of sp³-hybridized carbons (Fsp3) is 0.278. The highest BCUT2D eigenvalue weighted by atomic mass is 32.2. The lowest BCUT2D eigenvalue weighted by Crippen LogP contribution is -2.53. The van der Waals surface area contributed by atoms with Gasteiger partial charge in [-0.25, -0.2) is 23.2 Å². The third-order valence-corrected chi connectivity index (χ3v) is 9.79. The Bertz CT molecular complexity index is 1960. The summed E-state index contributed by atoms with van der Waals surface area (Å²) in [6.45, 7) is -0.168. The normalized spacial score (nSPS) is 17.4. The maximum atomic E-state index is 14.3. The van der Waals surface area contributed by atoms with Crippen molar-refractivity contribution in [2.45, 2.75) is 42.1 Å². The summed E-state index contributed by atoms with van der Waals surface area (Å²) in [5.74, 6) is -1.58. The van der Waals surface area contributed by atoms with Crippen molar-refractivity contribution >= 4 is 21.6 Å². The molecule has 0 spiro atoms. The number of nitrogens with one attached hydrogen (secondary N) is 2. The molecule has 3 N–H and O–H groups in total. The monoisotopic (exact) mass is 729 g/mol. The van der Waals surface area contributed by atoms with Gasteiger partial charge in [-0.15, -0.1) is 0 Å². The fourth-order valence-electron chi connectivity index (χ4n) is 5.46. The van der Waals surface area contributed by atoms with Gasteiger partial charge in [0.05, 0.1) is 29.9 Å². The molecule has 4 aromatic carbocycles. The number of hydrogen-bond donors (Lipinski definition) is 3. The quantitative estimate of drug-likeness (QED) is 0.0824. The average molecular weight is 730 g/mol. The van der Waals surface area contributed by atoms with Crippen LogP contribution in [0.15, 0.2) is 107 Å². The zero-order valence-electron chi connectivity index (χ0n) is 27.3. The van der Waals surface area contributed by atoms with E-state index >= 15 is 0 Å². The first-order chi connectivity index (χ1) is 24.3. The Kier molecular flexibility index (Phi) is 11.6. The lowest BCUT2D eigenvalue weighted by atomic mass is 9.85. The maximum Gasteiger partial charge on any atom is 0.416 e. The van der Waals surface area contributed by atoms with Gasteiger partial charge in [-0.05, 0) is 77.9 Å². The summed E-state index contributed by atoms with van der Waals surface area (Å²) in [5.41, 5.74) is 2.61. The second-order valence-corrected chi connectivity index (χ2v) is 13.7. The van der Waals surface area contributed by atoms with Gasteiger partial charge in [-0.2, -0.15) is 13.2 Å². The summed E-state index contributed by atoms with van der Waals surface area (Å²) in [7, 11) is -2.50. The van der Waals surface area contributed by atoms with Crippen LogP contribution >= 0.6 is 0 Å². The molecule has 1 aliphatic rings. The van der Waals surface area contributed by atoms with Crippen molar-refractivity contribution in [3.05, 3.63) is 125 Å². The summed E-state index contributed by atoms with van der Waals surface area (Å²) >= 11 is 0. The van der Waals surface area contributed by atoms with Gasteiger partial charge in [-0.3, -0.25) is 10.2 Å². The Morgan fingerprint density at radius 3 is 2.41 bits per heavy atom. The number of aliphatic imine (C=N–C) groups is 1. The third-order valence-electron chi connectivity index (χ3n) is 8.06. The average Bonchev–Trinajstić information content (AvgIpc) is 3.52. The van der Waals surface area contributed by atoms with Gasteiger partial charge in [0, 0.05) is 31.6 Å². The number of methoxy groups -OCH3 is 1. The molecule has 1 amide bonds. The molecule has 0 radical (unpaired) electrons. The van der Waals surface area contributed by atoms with E-state index in [9.17, 15) is 30.8 Å². The molecule has 0 aliphatic carbocycles. The minimum atomic E-state index is -4.80. The number of nitrogens with zero attached hydrogens (tertiary/aromatic N) is 1. The van der Waals surface area contributed by atoms with Crippen LogP contribution in [0.3, 0.4) is 0 Å². The summed E-state index contributed by atoms with van der Waals surface area (Å²) in [4.78, 5) is 19.1. The number of ether oxygens (including phenoxy) is 3. The molecule has 51 heavy (non-hydrogen) atoms. The van der Waals surface area contributed by atoms with Crippen LogP contribution in [0.2, 0.25) is 0 Å². The number of amides is 1. The third kappa shape index (κ3) is 9.03. The summed E-state index contributed by atoms with van der Waals surface area (Å²) < 4.78 is 98.5. The van der Waals surface area contributed by atoms with Crippen LogP contribution < -0.4 is 20.3 Å². The molecule has 270 valence electrons. The first-order valence-corrected chi connectivity index (χ1v) is 17.4. The molecule has 4 aromatic rings. The van der Waals surface area contributed by atoms with Gasteiger partial charge in [0.15, 0.2) is 21.5 Å². The second-order valence-electron chi connectivity index (χ2n) is 11.6. The molecular formula is C36H35F4N3O7S. The molecule has 0 bridgehead atoms. The largest absolute Gasteiger partial charge is 0.497 e. The topological polar surface area (TPSA) is 136 Å². The van der Waals surface area contributed by atoms with E-state index in [1.807, 2.05) is 0 Å². The van der Waals surface area contributed by atoms with Crippen LogP contribution in [0.25, 0.3) is 0 Å². The van der Waals surface area contributed by atoms with Gasteiger partial charge in [0.2, 0.25) is 5.90 Å². The summed E-state index contributed by atoms with van der Waals surface area (Å²) in [6.07, 6.45) is -5.96. The molecule has 0 aromatic heterocycles. The minimum Gasteiger partial charge on any atom is -0.497 e. The van der Waals surface area contributed by atoms with Crippen LogP contribution in [-0.4, -0.2) is 56.9 Å². The Labute approximate surface area is 292 Å². The number of sulfone groups is 1. The van der Waals surface area contributed by atoms with Gasteiger partial charge >= 0.3 is 6.18 Å². The van der Waals surface area contributed by atoms with Crippen molar-refractivity contribution in [1.82, 2.24) is 10.9 Å². The van der Waals surface area contributed by atoms with E-state index in [1.165, 1.54) is 19.2 Å². The van der Waals surface area contributed by atoms with Crippen molar-refractivity contribution < 1.29 is 50.1 Å². The number of aliphatic hydroxyl groups excluding tert-OH is 1. The minimum absolute atomic E-state index is 0.0111. The van der Waals surface area contributed by atoms with Crippen molar-refractivity contribution in [3.8, 4) is 11.5 Å². The number of alkyl halides is 3. The predicted molar refractivity (Wildman–Crippen MR) is 179 cm³/mol. The highest BCUT2D eigenvalue weighted by Crippen LogP contribution is 2.44. The smallest absolute Gasteiger partial charge is 0.416 e. The number of benzene rings is 4. The van der Waals surface area contributed by atoms with Crippen LogP contribution in [-0.2, 0) is 32.1 Å². The Balaban J connectivity index is 1.53. The Hall–Kier alpha value is -4.99. The molecule has 10 nitrogen and oxygen atoms in total. The number of carbonyl (C=O) groups excluding carboxylic acids is 1. The fourth-order valence-corrected chi connectivity index (χ4v) is 6.85. The molecule has 15 heteroatoms. The number of hydrogen-bond acceptors (Lipinski definition) is 9. The number of halogens is 4. The van der Waals surface area contributed by atoms with Gasteiger partial charge in [-0.1, -0.05) is 30.3 Å². The zero-order valence-corrected chi connectivity index (χ0v) is 28.1. The van der Waals surface area contributed by atoms with Crippen molar-refractivity contribution in [1.29, 1.82) is 0 Å². The predicted octanol–water partition coefficient (Wildman–Crippen LogP) is 5.56. The highest BCUT2D eigenvalue weighted by molar-refractivity contribution is 7.91. The van der Waals surface area contributed by atoms with Crippen LogP contribution in [0, 0.1) is 5.82 Å². The Morgan fingerprint density at radius 1 is 0.980 bits per heavy atom. The number of aliphatic hydroxyl groups is 1. The van der Waals surface area contributed by atoms with Crippen LogP contribution in [0.5, 0.6) is 11.5 Å². The summed E-state index contributed by atoms with van der Waals surface area (Å²) in [5, 5.41) is 9.05. The molecule has 0 saturated carbocycles. The molecule has 0 saturated heterocycles. The van der Waals surface area contributed by atoms with Gasteiger partial charge in [0.1, 0.15) is 17.3 Å². The van der Waals surface area contributed by atoms with Crippen LogP contribution in [0.1, 0.15) is 41.2 Å². The van der Waals surface area contributed by atoms with E-state index in [1.54, 1.807) is 66.7 Å². The lowest BCUT2D eigenvalue weighted by molar-refractivity contribution is -0.138. The first-order valence-electron chi connectivity index (χ1n) is 15.8. The number of hydrazine groups is 1. The first kappa shape index (κ1) is 37.3. The van der Waals surface area contributed by atoms with Crippen molar-refractivity contribution in [2.75, 3.05) is 26.1 Å². The van der Waals surface area contributed by atoms with E-state index in [0.29, 0.717) is 35.1 Å². The van der Waals surface area contributed by atoms with E-state index in [-0.39, 0.29) is 36.0 Å². The molecule has 0 unspecified atom stereocenters. The molecule has 2 atom stereocenters. The van der Waals surface area contributed by atoms with Crippen molar-refractivity contribution in [2.24, 2.45) is 4.99 Å². The zero-order chi connectivity index (χ0) is 36.6. The second kappa shape index (κ2) is 15.9. The maximum absolute atomic E-state index is 14.3. The molecular weight excluding hydrogens is 694 g/mol. The molecule has 0 fully saturated rings. The molecule has 5 rings (SSSR count). The standard InChI is InChI=1S/C36H35F4N3O7S/c1-48-30-8-5-7-26(21-30)32-35(15-18-51(46,47)31-9-3-2-4-10-31,42-33(50-32)25-11-13-29(14-12-25)49-17-6-16-44)34(45)43-41-23-24-19-27(36(38,39)40)22-28(37)20-24/h2-5,7-14,19-22,32,41,44H,6,15-18,23H2,1H3,(H,43,45)/t32-,35-/m0/s1. The molecule has 1 heterocycles. The van der Waals surface area contributed by atoms with E-state index in [4.69, 9.17) is 24.3 Å². The number of rotatable bonds is 15. The van der Waals surface area contributed by atoms with Gasteiger partial charge < -0.3 is 19.3 Å². The molecule has 1 aliphatic heterocycles. The van der Waals surface area contributed by atoms with Crippen LogP contribution in [0.4, 0.5) is 17.6 Å². The Morgan fingerprint density at radius 2 is 1.73 bits per heavy atom. The number of carbonyl (C=O) groups is 1. The summed E-state index contributed by atoms with van der Waals surface area (Å²) in [6, 6.07) is 22.9. The SMILES string of the molecule is COc1cccc([C@@H]2OC(c3ccc(OCCCO)cc3)=N[C@]2(CCS(=O)(=O)c2ccccc2)C(=O)NNCc2cc(F)cc(C(F)(F)F)c2)c1. The lowest BCUT2D eigenvalue weighted by Gasteiger charge is -2.30. The highest BCUT2D eigenvalue weighted by Gasteiger charge is 2.54. The van der Waals surface area contributed by atoms with E-state index < -0.39 is 57.2 Å². The van der Waals surface area contributed by atoms with E-state index in [0.717, 1.165) is 12.1 Å². The van der Waals surface area contributed by atoms with E-state index in [2.05, 4.69) is 10.9 Å².